The summed E-state index contributed by atoms with van der Waals surface area (Å²) < 4.78 is 9.43. The van der Waals surface area contributed by atoms with Crippen molar-refractivity contribution in [2.75, 3.05) is 14.2 Å². The van der Waals surface area contributed by atoms with Crippen molar-refractivity contribution in [1.29, 1.82) is 0 Å². The molecular weight excluding hydrogens is 242 g/mol. The van der Waals surface area contributed by atoms with Gasteiger partial charge in [0.15, 0.2) is 0 Å². The first-order valence-corrected chi connectivity index (χ1v) is 5.00. The lowest BCUT2D eigenvalue weighted by Crippen LogP contribution is -2.33. The number of carbonyl (C=O) groups excluding carboxylic acids is 1. The van der Waals surface area contributed by atoms with Crippen molar-refractivity contribution in [3.8, 4) is 5.88 Å². The van der Waals surface area contributed by atoms with Crippen molar-refractivity contribution in [3.05, 3.63) is 27.9 Å². The van der Waals surface area contributed by atoms with Gasteiger partial charge in [0, 0.05) is 18.1 Å². The maximum Gasteiger partial charge on any atom is 0.322 e. The molecule has 2 N–H and O–H groups in total. The Hall–Kier alpha value is -2.22. The van der Waals surface area contributed by atoms with Crippen LogP contribution in [0.2, 0.25) is 0 Å². The Kier molecular flexibility index (Phi) is 4.55. The summed E-state index contributed by atoms with van der Waals surface area (Å²) in [5, 5.41) is 10.6. The van der Waals surface area contributed by atoms with Gasteiger partial charge in [-0.25, -0.2) is 4.98 Å². The Labute approximate surface area is 103 Å². The fraction of sp³-hybridized carbons (Fsp3) is 0.400. The molecule has 0 aliphatic carbocycles. The highest BCUT2D eigenvalue weighted by Crippen LogP contribution is 2.21. The Morgan fingerprint density at radius 2 is 2.28 bits per heavy atom. The molecule has 0 amide bonds. The van der Waals surface area contributed by atoms with E-state index in [2.05, 4.69) is 9.72 Å². The molecule has 0 aromatic carbocycles. The Bertz CT molecular complexity index is 463. The summed E-state index contributed by atoms with van der Waals surface area (Å²) >= 11 is 0. The lowest BCUT2D eigenvalue weighted by Gasteiger charge is -2.11. The molecule has 0 bridgehead atoms. The first kappa shape index (κ1) is 13.8. The van der Waals surface area contributed by atoms with E-state index < -0.39 is 16.9 Å². The quantitative estimate of drug-likeness (QED) is 0.448. The SMILES string of the molecule is COC(=O)[C@H](N)Cc1cc([N+](=O)[O-])cnc1OC. The molecule has 0 fully saturated rings. The van der Waals surface area contributed by atoms with E-state index in [1.807, 2.05) is 0 Å². The zero-order chi connectivity index (χ0) is 13.7. The third-order valence-electron chi connectivity index (χ3n) is 2.26. The van der Waals surface area contributed by atoms with Crippen LogP contribution >= 0.6 is 0 Å². The van der Waals surface area contributed by atoms with E-state index in [1.54, 1.807) is 0 Å². The van der Waals surface area contributed by atoms with Gasteiger partial charge in [0.25, 0.3) is 5.69 Å². The van der Waals surface area contributed by atoms with Crippen molar-refractivity contribution in [2.45, 2.75) is 12.5 Å². The van der Waals surface area contributed by atoms with E-state index in [0.717, 1.165) is 6.20 Å². The normalized spacial score (nSPS) is 11.7. The minimum Gasteiger partial charge on any atom is -0.481 e. The summed E-state index contributed by atoms with van der Waals surface area (Å²) in [7, 11) is 2.59. The van der Waals surface area contributed by atoms with E-state index in [1.165, 1.54) is 20.3 Å². The van der Waals surface area contributed by atoms with Gasteiger partial charge in [-0.1, -0.05) is 0 Å². The minimum absolute atomic E-state index is 0.0462. The molecule has 1 rings (SSSR count). The van der Waals surface area contributed by atoms with Crippen LogP contribution in [0.25, 0.3) is 0 Å². The van der Waals surface area contributed by atoms with E-state index in [0.29, 0.717) is 5.56 Å². The van der Waals surface area contributed by atoms with Crippen LogP contribution in [0, 0.1) is 10.1 Å². The number of rotatable bonds is 5. The van der Waals surface area contributed by atoms with Gasteiger partial charge in [0.1, 0.15) is 12.2 Å². The highest BCUT2D eigenvalue weighted by molar-refractivity contribution is 5.75. The summed E-state index contributed by atoms with van der Waals surface area (Å²) in [5.74, 6) is -0.413. The van der Waals surface area contributed by atoms with Crippen molar-refractivity contribution in [1.82, 2.24) is 4.98 Å². The molecule has 0 aliphatic rings. The van der Waals surface area contributed by atoms with Gasteiger partial charge in [-0.3, -0.25) is 14.9 Å². The second-order valence-corrected chi connectivity index (χ2v) is 3.45. The lowest BCUT2D eigenvalue weighted by molar-refractivity contribution is -0.385. The van der Waals surface area contributed by atoms with Crippen molar-refractivity contribution in [2.24, 2.45) is 5.73 Å². The largest absolute Gasteiger partial charge is 0.481 e. The number of pyridine rings is 1. The molecule has 0 saturated carbocycles. The van der Waals surface area contributed by atoms with Gasteiger partial charge in [0.05, 0.1) is 19.1 Å². The fourth-order valence-electron chi connectivity index (χ4n) is 1.39. The van der Waals surface area contributed by atoms with E-state index in [4.69, 9.17) is 10.5 Å². The number of hydrogen-bond donors (Lipinski definition) is 1. The molecule has 98 valence electrons. The molecule has 0 unspecified atom stereocenters. The van der Waals surface area contributed by atoms with Crippen LogP contribution in [-0.4, -0.2) is 36.1 Å². The summed E-state index contributed by atoms with van der Waals surface area (Å²) in [6.07, 6.45) is 1.12. The first-order chi connectivity index (χ1) is 8.49. The topological polar surface area (TPSA) is 118 Å². The number of aromatic nitrogens is 1. The van der Waals surface area contributed by atoms with Gasteiger partial charge >= 0.3 is 5.97 Å². The van der Waals surface area contributed by atoms with E-state index in [-0.39, 0.29) is 18.0 Å². The molecule has 18 heavy (non-hydrogen) atoms. The smallest absolute Gasteiger partial charge is 0.322 e. The van der Waals surface area contributed by atoms with Crippen molar-refractivity contribution in [3.63, 3.8) is 0 Å². The molecule has 1 atom stereocenters. The number of nitro groups is 1. The average Bonchev–Trinajstić information content (AvgIpc) is 2.37. The van der Waals surface area contributed by atoms with Crippen LogP contribution in [0.4, 0.5) is 5.69 Å². The third-order valence-corrected chi connectivity index (χ3v) is 2.26. The van der Waals surface area contributed by atoms with Gasteiger partial charge in [-0.2, -0.15) is 0 Å². The van der Waals surface area contributed by atoms with Crippen LogP contribution in [0.5, 0.6) is 5.88 Å². The Morgan fingerprint density at radius 1 is 1.61 bits per heavy atom. The van der Waals surface area contributed by atoms with E-state index >= 15 is 0 Å². The van der Waals surface area contributed by atoms with Crippen LogP contribution in [0.3, 0.4) is 0 Å². The van der Waals surface area contributed by atoms with Crippen LogP contribution in [0.1, 0.15) is 5.56 Å². The van der Waals surface area contributed by atoms with Crippen LogP contribution in [0.15, 0.2) is 12.3 Å². The standard InChI is InChI=1S/C10H13N3O5/c1-17-9-6(4-8(11)10(14)18-2)3-7(5-12-9)13(15)16/h3,5,8H,4,11H2,1-2H3/t8-/m1/s1. The molecule has 8 heteroatoms. The second kappa shape index (κ2) is 5.92. The Morgan fingerprint density at radius 3 is 2.78 bits per heavy atom. The zero-order valence-electron chi connectivity index (χ0n) is 9.95. The molecule has 0 radical (unpaired) electrons. The Balaban J connectivity index is 3.01. The fourth-order valence-corrected chi connectivity index (χ4v) is 1.39. The maximum atomic E-state index is 11.2. The molecular formula is C10H13N3O5. The highest BCUT2D eigenvalue weighted by atomic mass is 16.6. The summed E-state index contributed by atoms with van der Waals surface area (Å²) in [6, 6.07) is 0.349. The zero-order valence-corrected chi connectivity index (χ0v) is 9.95. The second-order valence-electron chi connectivity index (χ2n) is 3.45. The van der Waals surface area contributed by atoms with Crippen molar-refractivity contribution >= 4 is 11.7 Å². The summed E-state index contributed by atoms with van der Waals surface area (Å²) in [5.41, 5.74) is 5.77. The predicted octanol–water partition coefficient (Wildman–Crippen LogP) is 0.0412. The summed E-state index contributed by atoms with van der Waals surface area (Å²) in [6.45, 7) is 0. The van der Waals surface area contributed by atoms with Crippen LogP contribution in [-0.2, 0) is 16.0 Å². The number of carbonyl (C=O) groups is 1. The minimum atomic E-state index is -0.923. The maximum absolute atomic E-state index is 11.2. The van der Waals surface area contributed by atoms with Gasteiger partial charge in [0.2, 0.25) is 5.88 Å². The number of nitrogens with two attached hydrogens (primary N) is 1. The third kappa shape index (κ3) is 3.14. The number of esters is 1. The number of ether oxygens (including phenoxy) is 2. The van der Waals surface area contributed by atoms with Gasteiger partial charge in [-0.15, -0.1) is 0 Å². The lowest BCUT2D eigenvalue weighted by atomic mass is 10.1. The number of nitrogens with zero attached hydrogens (tertiary/aromatic N) is 2. The predicted molar refractivity (Wildman–Crippen MR) is 61.1 cm³/mol. The molecule has 1 aromatic rings. The molecule has 0 saturated heterocycles. The van der Waals surface area contributed by atoms with Crippen LogP contribution < -0.4 is 10.5 Å². The molecule has 0 spiro atoms. The number of methoxy groups -OCH3 is 2. The summed E-state index contributed by atoms with van der Waals surface area (Å²) in [4.78, 5) is 25.0. The van der Waals surface area contributed by atoms with Gasteiger partial charge < -0.3 is 15.2 Å². The van der Waals surface area contributed by atoms with Gasteiger partial charge in [-0.05, 0) is 0 Å². The average molecular weight is 255 g/mol. The molecule has 1 heterocycles. The van der Waals surface area contributed by atoms with Crippen molar-refractivity contribution < 1.29 is 19.2 Å². The highest BCUT2D eigenvalue weighted by Gasteiger charge is 2.20. The number of hydrogen-bond acceptors (Lipinski definition) is 7. The molecule has 8 nitrogen and oxygen atoms in total. The monoisotopic (exact) mass is 255 g/mol. The first-order valence-electron chi connectivity index (χ1n) is 5.00. The molecule has 1 aromatic heterocycles. The molecule has 0 aliphatic heterocycles. The van der Waals surface area contributed by atoms with E-state index in [9.17, 15) is 14.9 Å².